The van der Waals surface area contributed by atoms with Crippen molar-refractivity contribution in [3.05, 3.63) is 94.4 Å². The molecule has 0 aliphatic rings. The monoisotopic (exact) mass is 424 g/mol. The highest BCUT2D eigenvalue weighted by atomic mass is 35.5. The zero-order valence-corrected chi connectivity index (χ0v) is 16.8. The van der Waals surface area contributed by atoms with Crippen molar-refractivity contribution in [2.75, 3.05) is 0 Å². The minimum atomic E-state index is 0.334. The number of halogens is 2. The van der Waals surface area contributed by atoms with Gasteiger partial charge in [0.15, 0.2) is 5.65 Å². The Morgan fingerprint density at radius 3 is 2.45 bits per heavy atom. The molecule has 4 rings (SSSR count). The summed E-state index contributed by atoms with van der Waals surface area (Å²) in [6.45, 7) is 0.503. The molecule has 2 heterocycles. The van der Waals surface area contributed by atoms with Gasteiger partial charge >= 0.3 is 0 Å². The third kappa shape index (κ3) is 4.19. The molecular formula is C21H18Cl2N6. The maximum Gasteiger partial charge on any atom is 0.155 e. The summed E-state index contributed by atoms with van der Waals surface area (Å²) in [6, 6.07) is 20.7. The van der Waals surface area contributed by atoms with E-state index >= 15 is 0 Å². The van der Waals surface area contributed by atoms with E-state index in [1.54, 1.807) is 35.0 Å². The van der Waals surface area contributed by atoms with Gasteiger partial charge in [0.2, 0.25) is 0 Å². The van der Waals surface area contributed by atoms with Crippen molar-refractivity contribution in [1.29, 1.82) is 0 Å². The van der Waals surface area contributed by atoms with Crippen LogP contribution in [0, 0.1) is 0 Å². The fourth-order valence-electron chi connectivity index (χ4n) is 3.06. The Morgan fingerprint density at radius 1 is 1.00 bits per heavy atom. The van der Waals surface area contributed by atoms with Gasteiger partial charge in [0, 0.05) is 16.8 Å². The summed E-state index contributed by atoms with van der Waals surface area (Å²) in [4.78, 5) is 4.68. The molecule has 0 aliphatic carbocycles. The number of aromatic nitrogens is 3. The maximum absolute atomic E-state index is 6.45. The molecule has 4 aromatic rings. The molecule has 29 heavy (non-hydrogen) atoms. The van der Waals surface area contributed by atoms with Crippen LogP contribution >= 0.6 is 23.2 Å². The van der Waals surface area contributed by atoms with Crippen LogP contribution in [0.1, 0.15) is 11.3 Å². The summed E-state index contributed by atoms with van der Waals surface area (Å²) >= 11 is 12.1. The smallest absolute Gasteiger partial charge is 0.155 e. The second kappa shape index (κ2) is 8.13. The van der Waals surface area contributed by atoms with Crippen LogP contribution in [0.4, 0.5) is 0 Å². The zero-order chi connectivity index (χ0) is 20.4. The number of rotatable bonds is 5. The molecule has 0 amide bonds. The molecule has 0 saturated heterocycles. The first-order valence-electron chi connectivity index (χ1n) is 8.85. The van der Waals surface area contributed by atoms with Crippen LogP contribution in [0.25, 0.3) is 22.6 Å². The maximum atomic E-state index is 6.45. The highest BCUT2D eigenvalue weighted by Crippen LogP contribution is 2.29. The Labute approximate surface area is 177 Å². The van der Waals surface area contributed by atoms with Gasteiger partial charge in [-0.25, -0.2) is 15.3 Å². The standard InChI is InChI=1S/C21H18Cl2N6/c22-16-8-6-15(7-9-16)20-21(29-19(26-20)11-10-18(23)27-29)17(24)13-28(25)12-14-4-2-1-3-5-14/h1-11,13H,12,24-25H2/b17-13-. The Hall–Kier alpha value is -3.06. The molecule has 2 aromatic carbocycles. The topological polar surface area (TPSA) is 85.5 Å². The molecule has 8 heteroatoms. The molecule has 0 aliphatic heterocycles. The fourth-order valence-corrected chi connectivity index (χ4v) is 3.32. The SMILES string of the molecule is N/C(=C\N(N)Cc1ccccc1)c1c(-c2ccc(Cl)cc2)nc2ccc(Cl)nn12. The van der Waals surface area contributed by atoms with Crippen LogP contribution in [0.3, 0.4) is 0 Å². The average molecular weight is 425 g/mol. The molecule has 0 atom stereocenters. The molecular weight excluding hydrogens is 407 g/mol. The van der Waals surface area contributed by atoms with E-state index in [-0.39, 0.29) is 0 Å². The third-order valence-electron chi connectivity index (χ3n) is 4.35. The molecule has 0 unspecified atom stereocenters. The lowest BCUT2D eigenvalue weighted by molar-refractivity contribution is 0.387. The van der Waals surface area contributed by atoms with Crippen molar-refractivity contribution in [3.63, 3.8) is 0 Å². The number of imidazole rings is 1. The molecule has 0 fully saturated rings. The molecule has 0 radical (unpaired) electrons. The molecule has 6 nitrogen and oxygen atoms in total. The van der Waals surface area contributed by atoms with E-state index in [1.165, 1.54) is 5.01 Å². The van der Waals surface area contributed by atoms with Crippen molar-refractivity contribution in [3.8, 4) is 11.3 Å². The first-order chi connectivity index (χ1) is 14.0. The molecule has 146 valence electrons. The molecule has 0 bridgehead atoms. The van der Waals surface area contributed by atoms with E-state index in [1.807, 2.05) is 42.5 Å². The minimum Gasteiger partial charge on any atom is -0.396 e. The van der Waals surface area contributed by atoms with Crippen molar-refractivity contribution >= 4 is 34.5 Å². The summed E-state index contributed by atoms with van der Waals surface area (Å²) in [5.41, 5.74) is 10.7. The fraction of sp³-hybridized carbons (Fsp3) is 0.0476. The number of nitrogens with two attached hydrogens (primary N) is 2. The predicted octanol–water partition coefficient (Wildman–Crippen LogP) is 4.34. The van der Waals surface area contributed by atoms with Gasteiger partial charge in [-0.3, -0.25) is 0 Å². The van der Waals surface area contributed by atoms with Gasteiger partial charge in [-0.1, -0.05) is 65.7 Å². The van der Waals surface area contributed by atoms with Gasteiger partial charge in [-0.2, -0.15) is 5.10 Å². The normalized spacial score (nSPS) is 11.8. The number of nitrogens with zero attached hydrogens (tertiary/aromatic N) is 4. The van der Waals surface area contributed by atoms with E-state index in [9.17, 15) is 0 Å². The Bertz CT molecular complexity index is 1170. The Morgan fingerprint density at radius 2 is 1.72 bits per heavy atom. The van der Waals surface area contributed by atoms with E-state index in [0.29, 0.717) is 39.5 Å². The predicted molar refractivity (Wildman–Crippen MR) is 117 cm³/mol. The lowest BCUT2D eigenvalue weighted by Gasteiger charge is -2.15. The van der Waals surface area contributed by atoms with E-state index in [2.05, 4.69) is 10.1 Å². The summed E-state index contributed by atoms with van der Waals surface area (Å²) in [6.07, 6.45) is 1.67. The second-order valence-electron chi connectivity index (χ2n) is 6.48. The van der Waals surface area contributed by atoms with Gasteiger partial charge in [0.05, 0.1) is 12.2 Å². The summed E-state index contributed by atoms with van der Waals surface area (Å²) in [5, 5.41) is 6.87. The Balaban J connectivity index is 1.79. The molecule has 4 N–H and O–H groups in total. The number of hydrogen-bond acceptors (Lipinski definition) is 5. The van der Waals surface area contributed by atoms with Crippen LogP contribution in [0.5, 0.6) is 0 Å². The molecule has 2 aromatic heterocycles. The highest BCUT2D eigenvalue weighted by molar-refractivity contribution is 6.30. The average Bonchev–Trinajstić information content (AvgIpc) is 3.07. The van der Waals surface area contributed by atoms with Gasteiger partial charge in [0.25, 0.3) is 0 Å². The number of fused-ring (bicyclic) bond motifs is 1. The van der Waals surface area contributed by atoms with E-state index < -0.39 is 0 Å². The summed E-state index contributed by atoms with van der Waals surface area (Å²) < 4.78 is 1.62. The van der Waals surface area contributed by atoms with Gasteiger partial charge in [-0.15, -0.1) is 0 Å². The van der Waals surface area contributed by atoms with Gasteiger partial charge < -0.3 is 10.7 Å². The van der Waals surface area contributed by atoms with E-state index in [0.717, 1.165) is 11.1 Å². The van der Waals surface area contributed by atoms with Crippen LogP contribution in [0.15, 0.2) is 72.9 Å². The first-order valence-corrected chi connectivity index (χ1v) is 9.61. The lowest BCUT2D eigenvalue weighted by atomic mass is 10.1. The van der Waals surface area contributed by atoms with Crippen molar-refractivity contribution in [2.45, 2.75) is 6.54 Å². The third-order valence-corrected chi connectivity index (χ3v) is 4.80. The second-order valence-corrected chi connectivity index (χ2v) is 7.31. The van der Waals surface area contributed by atoms with Crippen molar-refractivity contribution < 1.29 is 0 Å². The van der Waals surface area contributed by atoms with Crippen LogP contribution < -0.4 is 11.6 Å². The van der Waals surface area contributed by atoms with Gasteiger partial charge in [-0.05, 0) is 29.8 Å². The largest absolute Gasteiger partial charge is 0.396 e. The van der Waals surface area contributed by atoms with Crippen LogP contribution in [-0.4, -0.2) is 19.6 Å². The van der Waals surface area contributed by atoms with Crippen molar-refractivity contribution in [1.82, 2.24) is 19.6 Å². The number of benzene rings is 2. The number of hydrazine groups is 1. The zero-order valence-electron chi connectivity index (χ0n) is 15.3. The van der Waals surface area contributed by atoms with Crippen LogP contribution in [-0.2, 0) is 6.54 Å². The minimum absolute atomic E-state index is 0.334. The first kappa shape index (κ1) is 19.3. The summed E-state index contributed by atoms with van der Waals surface area (Å²) in [5.74, 6) is 6.18. The van der Waals surface area contributed by atoms with E-state index in [4.69, 9.17) is 34.8 Å². The lowest BCUT2D eigenvalue weighted by Crippen LogP contribution is -2.26. The van der Waals surface area contributed by atoms with Crippen molar-refractivity contribution in [2.24, 2.45) is 11.6 Å². The van der Waals surface area contributed by atoms with Crippen LogP contribution in [0.2, 0.25) is 10.2 Å². The number of hydrogen-bond donors (Lipinski definition) is 2. The molecule has 0 saturated carbocycles. The quantitative estimate of drug-likeness (QED) is 0.367. The summed E-state index contributed by atoms with van der Waals surface area (Å²) in [7, 11) is 0. The van der Waals surface area contributed by atoms with Gasteiger partial charge in [0.1, 0.15) is 16.5 Å². The Kier molecular flexibility index (Phi) is 5.40. The molecule has 0 spiro atoms. The highest BCUT2D eigenvalue weighted by Gasteiger charge is 2.18.